The number of imide groups is 2. The van der Waals surface area contributed by atoms with Crippen LogP contribution in [0.25, 0.3) is 0 Å². The molecule has 0 radical (unpaired) electrons. The van der Waals surface area contributed by atoms with E-state index in [9.17, 15) is 19.2 Å². The molecule has 6 amide bonds. The first kappa shape index (κ1) is 11.8. The van der Waals surface area contributed by atoms with Crippen molar-refractivity contribution in [2.45, 2.75) is 6.10 Å². The van der Waals surface area contributed by atoms with Crippen LogP contribution in [0.5, 0.6) is 0 Å². The Morgan fingerprint density at radius 2 is 1.21 bits per heavy atom. The molecule has 0 rings (SSSR count). The molecule has 0 spiro atoms. The number of nitrogens with two attached hydrogens (primary N) is 2. The second kappa shape index (κ2) is 4.77. The average molecular weight is 204 g/mol. The van der Waals surface area contributed by atoms with Crippen molar-refractivity contribution in [3.8, 4) is 0 Å². The molecule has 14 heavy (non-hydrogen) atoms. The van der Waals surface area contributed by atoms with E-state index in [4.69, 9.17) is 5.11 Å². The van der Waals surface area contributed by atoms with Crippen LogP contribution in [0, 0.1) is 0 Å². The predicted molar refractivity (Wildman–Crippen MR) is 41.5 cm³/mol. The van der Waals surface area contributed by atoms with E-state index < -0.39 is 30.0 Å². The van der Waals surface area contributed by atoms with E-state index in [0.29, 0.717) is 0 Å². The number of amides is 6. The van der Waals surface area contributed by atoms with Gasteiger partial charge in [0.2, 0.25) is 6.10 Å². The summed E-state index contributed by atoms with van der Waals surface area (Å²) in [5.41, 5.74) is 9.05. The molecule has 0 aromatic heterocycles. The Labute approximate surface area is 77.4 Å². The number of urea groups is 2. The largest absolute Gasteiger partial charge is 0.375 e. The fourth-order valence-corrected chi connectivity index (χ4v) is 0.499. The van der Waals surface area contributed by atoms with Crippen LogP contribution in [-0.4, -0.2) is 35.1 Å². The Hall–Kier alpha value is -2.16. The highest BCUT2D eigenvalue weighted by Crippen LogP contribution is 1.83. The lowest BCUT2D eigenvalue weighted by Gasteiger charge is -2.07. The molecule has 7 N–H and O–H groups in total. The third-order valence-corrected chi connectivity index (χ3v) is 0.989. The van der Waals surface area contributed by atoms with E-state index in [-0.39, 0.29) is 0 Å². The van der Waals surface area contributed by atoms with Crippen molar-refractivity contribution < 1.29 is 24.3 Å². The normalized spacial score (nSPS) is 9.29. The monoisotopic (exact) mass is 204 g/mol. The van der Waals surface area contributed by atoms with E-state index in [1.807, 2.05) is 0 Å². The summed E-state index contributed by atoms with van der Waals surface area (Å²) in [5.74, 6) is -2.70. The zero-order valence-electron chi connectivity index (χ0n) is 6.81. The molecule has 0 aromatic carbocycles. The van der Waals surface area contributed by atoms with Gasteiger partial charge in [0.05, 0.1) is 0 Å². The molecule has 0 aliphatic heterocycles. The standard InChI is InChI=1S/C5H8N4O5/c6-4(13)8-2(11)1(10)3(12)9-5(7)14/h1,10H,(H3,6,8,11,13)(H3,7,9,12,14). The molecule has 78 valence electrons. The molecule has 0 saturated carbocycles. The van der Waals surface area contributed by atoms with Gasteiger partial charge in [-0.1, -0.05) is 0 Å². The van der Waals surface area contributed by atoms with Gasteiger partial charge in [-0.3, -0.25) is 20.2 Å². The highest BCUT2D eigenvalue weighted by molar-refractivity contribution is 6.11. The number of carbonyl (C=O) groups is 4. The van der Waals surface area contributed by atoms with E-state index in [1.54, 1.807) is 0 Å². The third kappa shape index (κ3) is 4.01. The van der Waals surface area contributed by atoms with Crippen molar-refractivity contribution >= 4 is 23.9 Å². The maximum atomic E-state index is 10.7. The van der Waals surface area contributed by atoms with Crippen molar-refractivity contribution in [3.05, 3.63) is 0 Å². The summed E-state index contributed by atoms with van der Waals surface area (Å²) in [6, 6.07) is -2.47. The number of aliphatic hydroxyl groups is 1. The van der Waals surface area contributed by atoms with E-state index in [0.717, 1.165) is 0 Å². The summed E-state index contributed by atoms with van der Waals surface area (Å²) in [7, 11) is 0. The maximum absolute atomic E-state index is 10.7. The van der Waals surface area contributed by atoms with Crippen LogP contribution >= 0.6 is 0 Å². The fourth-order valence-electron chi connectivity index (χ4n) is 0.499. The Balaban J connectivity index is 4.24. The molecule has 9 nitrogen and oxygen atoms in total. The number of nitrogens with one attached hydrogen (secondary N) is 2. The lowest BCUT2D eigenvalue weighted by molar-refractivity contribution is -0.139. The minimum Gasteiger partial charge on any atom is -0.375 e. The number of primary amides is 2. The van der Waals surface area contributed by atoms with Crippen molar-refractivity contribution in [2.24, 2.45) is 11.5 Å². The predicted octanol–water partition coefficient (Wildman–Crippen LogP) is -3.26. The number of carbonyl (C=O) groups excluding carboxylic acids is 4. The molecule has 0 unspecified atom stereocenters. The number of aliphatic hydroxyl groups excluding tert-OH is 1. The molecule has 0 aliphatic rings. The van der Waals surface area contributed by atoms with Gasteiger partial charge >= 0.3 is 12.1 Å². The number of hydrogen-bond donors (Lipinski definition) is 5. The minimum atomic E-state index is -2.23. The Morgan fingerprint density at radius 3 is 1.43 bits per heavy atom. The summed E-state index contributed by atoms with van der Waals surface area (Å²) in [4.78, 5) is 41.6. The molecule has 0 fully saturated rings. The molecule has 9 heteroatoms. The topological polar surface area (TPSA) is 165 Å². The Kier molecular flexibility index (Phi) is 4.03. The van der Waals surface area contributed by atoms with E-state index in [2.05, 4.69) is 11.5 Å². The van der Waals surface area contributed by atoms with Gasteiger partial charge in [-0.15, -0.1) is 0 Å². The molecule has 0 saturated heterocycles. The first-order chi connectivity index (χ1) is 6.34. The zero-order valence-corrected chi connectivity index (χ0v) is 6.81. The van der Waals surface area contributed by atoms with Gasteiger partial charge in [-0.25, -0.2) is 9.59 Å². The summed E-state index contributed by atoms with van der Waals surface area (Å²) in [6.45, 7) is 0. The Bertz CT molecular complexity index is 260. The van der Waals surface area contributed by atoms with Crippen molar-refractivity contribution in [1.82, 2.24) is 10.6 Å². The van der Waals surface area contributed by atoms with Crippen molar-refractivity contribution in [1.29, 1.82) is 0 Å². The van der Waals surface area contributed by atoms with Crippen LogP contribution in [0.4, 0.5) is 9.59 Å². The lowest BCUT2D eigenvalue weighted by atomic mass is 10.3. The second-order valence-electron chi connectivity index (χ2n) is 2.11. The summed E-state index contributed by atoms with van der Waals surface area (Å²) in [5, 5.41) is 11.7. The second-order valence-corrected chi connectivity index (χ2v) is 2.11. The van der Waals surface area contributed by atoms with Crippen molar-refractivity contribution in [3.63, 3.8) is 0 Å². The maximum Gasteiger partial charge on any atom is 0.318 e. The van der Waals surface area contributed by atoms with Crippen LogP contribution in [0.3, 0.4) is 0 Å². The average Bonchev–Trinajstić information content (AvgIpc) is 2.00. The highest BCUT2D eigenvalue weighted by atomic mass is 16.3. The molecule has 0 heterocycles. The molecule has 0 aromatic rings. The van der Waals surface area contributed by atoms with Crippen LogP contribution < -0.4 is 22.1 Å². The van der Waals surface area contributed by atoms with Crippen LogP contribution in [0.15, 0.2) is 0 Å². The van der Waals surface area contributed by atoms with Gasteiger partial charge in [0.15, 0.2) is 0 Å². The smallest absolute Gasteiger partial charge is 0.318 e. The fraction of sp³-hybridized carbons (Fsp3) is 0.200. The third-order valence-electron chi connectivity index (χ3n) is 0.989. The summed E-state index contributed by atoms with van der Waals surface area (Å²) < 4.78 is 0. The highest BCUT2D eigenvalue weighted by Gasteiger charge is 2.25. The Morgan fingerprint density at radius 1 is 0.929 bits per heavy atom. The van der Waals surface area contributed by atoms with Gasteiger partial charge in [-0.05, 0) is 0 Å². The molecule has 0 atom stereocenters. The first-order valence-corrected chi connectivity index (χ1v) is 3.23. The molecular weight excluding hydrogens is 196 g/mol. The number of hydrogen-bond acceptors (Lipinski definition) is 5. The quantitative estimate of drug-likeness (QED) is 0.297. The van der Waals surface area contributed by atoms with Gasteiger partial charge in [-0.2, -0.15) is 0 Å². The SMILES string of the molecule is NC(=O)NC(=O)C(O)C(=O)NC(N)=O. The summed E-state index contributed by atoms with van der Waals surface area (Å²) >= 11 is 0. The minimum absolute atomic E-state index is 1.24. The summed E-state index contributed by atoms with van der Waals surface area (Å²) in [6.07, 6.45) is -2.23. The lowest BCUT2D eigenvalue weighted by Crippen LogP contribution is -2.50. The van der Waals surface area contributed by atoms with Gasteiger partial charge in [0.1, 0.15) is 0 Å². The molecular formula is C5H8N4O5. The van der Waals surface area contributed by atoms with Gasteiger partial charge in [0, 0.05) is 0 Å². The molecule has 0 bridgehead atoms. The van der Waals surface area contributed by atoms with Crippen molar-refractivity contribution in [2.75, 3.05) is 0 Å². The van der Waals surface area contributed by atoms with Gasteiger partial charge in [0.25, 0.3) is 11.8 Å². The first-order valence-electron chi connectivity index (χ1n) is 3.23. The zero-order chi connectivity index (χ0) is 11.3. The van der Waals surface area contributed by atoms with Gasteiger partial charge < -0.3 is 16.6 Å². The van der Waals surface area contributed by atoms with Crippen LogP contribution in [-0.2, 0) is 9.59 Å². The van der Waals surface area contributed by atoms with E-state index in [1.165, 1.54) is 10.6 Å². The van der Waals surface area contributed by atoms with Crippen LogP contribution in [0.2, 0.25) is 0 Å². The number of rotatable bonds is 2. The molecule has 0 aliphatic carbocycles. The van der Waals surface area contributed by atoms with Crippen LogP contribution in [0.1, 0.15) is 0 Å². The van der Waals surface area contributed by atoms with E-state index >= 15 is 0 Å².